The number of anilines is 1. The maximum atomic E-state index is 13.7. The van der Waals surface area contributed by atoms with Crippen LogP contribution in [0.3, 0.4) is 0 Å². The molecule has 1 aliphatic heterocycles. The number of nitrogens with one attached hydrogen (secondary N) is 1. The minimum atomic E-state index is -4.92. The van der Waals surface area contributed by atoms with E-state index in [1.807, 2.05) is 25.1 Å². The molecule has 8 rings (SSSR count). The van der Waals surface area contributed by atoms with Gasteiger partial charge in [0, 0.05) is 39.6 Å². The second-order valence-electron chi connectivity index (χ2n) is 14.7. The highest BCUT2D eigenvalue weighted by atomic mass is 79.9. The number of hydrogen-bond donors (Lipinski definition) is 2. The van der Waals surface area contributed by atoms with Crippen LogP contribution in [0.2, 0.25) is 0 Å². The Kier molecular flexibility index (Phi) is 7.72. The fraction of sp³-hybridized carbons (Fsp3) is 0.500. The molecule has 2 heterocycles. The highest BCUT2D eigenvalue weighted by molar-refractivity contribution is 9.10. The summed E-state index contributed by atoms with van der Waals surface area (Å²) in [4.78, 5) is 21.0. The highest BCUT2D eigenvalue weighted by Gasteiger charge is 2.55. The van der Waals surface area contributed by atoms with Crippen molar-refractivity contribution >= 4 is 44.2 Å². The van der Waals surface area contributed by atoms with E-state index in [-0.39, 0.29) is 11.3 Å². The largest absolute Gasteiger partial charge is 0.573 e. The molecule has 0 amide bonds. The number of benzene rings is 2. The van der Waals surface area contributed by atoms with Crippen LogP contribution in [0.4, 0.5) is 19.0 Å². The smallest absolute Gasteiger partial charge is 0.459 e. The number of piperidine rings is 1. The first-order valence-corrected chi connectivity index (χ1v) is 17.0. The van der Waals surface area contributed by atoms with Crippen molar-refractivity contribution in [2.75, 3.05) is 18.0 Å². The molecule has 0 spiro atoms. The molecule has 250 valence electrons. The van der Waals surface area contributed by atoms with Crippen LogP contribution in [0.25, 0.3) is 16.5 Å². The first-order chi connectivity index (χ1) is 22.1. The first-order valence-electron chi connectivity index (χ1n) is 16.2. The van der Waals surface area contributed by atoms with E-state index in [1.54, 1.807) is 39.0 Å². The Labute approximate surface area is 280 Å². The average Bonchev–Trinajstić information content (AvgIpc) is 3.60. The fourth-order valence-corrected chi connectivity index (χ4v) is 8.32. The zero-order valence-electron chi connectivity index (χ0n) is 26.9. The minimum Gasteiger partial charge on any atom is -0.459 e. The second-order valence-corrected chi connectivity index (χ2v) is 15.6. The third kappa shape index (κ3) is 6.04. The van der Waals surface area contributed by atoms with Crippen molar-refractivity contribution < 1.29 is 32.5 Å². The molecule has 3 aromatic rings. The monoisotopic (exact) mass is 713 g/mol. The Morgan fingerprint density at radius 3 is 2.43 bits per heavy atom. The fourth-order valence-electron chi connectivity index (χ4n) is 7.96. The lowest BCUT2D eigenvalue weighted by Gasteiger charge is -2.52. The van der Waals surface area contributed by atoms with Gasteiger partial charge in [0.15, 0.2) is 0 Å². The molecule has 1 aromatic heterocycles. The van der Waals surface area contributed by atoms with Crippen LogP contribution in [-0.4, -0.2) is 46.7 Å². The first kappa shape index (κ1) is 32.4. The topological polar surface area (TPSA) is 83.9 Å². The number of aromatic nitrogens is 1. The number of hydrogen-bond acceptors (Lipinski definition) is 7. The van der Waals surface area contributed by atoms with Gasteiger partial charge in [0.1, 0.15) is 23.4 Å². The second kappa shape index (κ2) is 11.2. The van der Waals surface area contributed by atoms with Crippen LogP contribution < -0.4 is 15.0 Å². The van der Waals surface area contributed by atoms with Crippen LogP contribution in [-0.2, 0) is 9.53 Å². The summed E-state index contributed by atoms with van der Waals surface area (Å²) < 4.78 is 52.1. The van der Waals surface area contributed by atoms with Gasteiger partial charge in [-0.05, 0) is 107 Å². The van der Waals surface area contributed by atoms with Gasteiger partial charge >= 0.3 is 12.3 Å². The number of alkyl halides is 3. The van der Waals surface area contributed by atoms with E-state index < -0.39 is 35.1 Å². The van der Waals surface area contributed by atoms with E-state index in [2.05, 4.69) is 30.9 Å². The Morgan fingerprint density at radius 2 is 1.77 bits per heavy atom. The van der Waals surface area contributed by atoms with Crippen molar-refractivity contribution in [2.24, 2.45) is 17.3 Å². The van der Waals surface area contributed by atoms with Gasteiger partial charge < -0.3 is 19.5 Å². The molecule has 2 bridgehead atoms. The van der Waals surface area contributed by atoms with Gasteiger partial charge in [-0.15, -0.1) is 13.2 Å². The van der Waals surface area contributed by atoms with Crippen molar-refractivity contribution in [1.29, 1.82) is 0 Å². The summed E-state index contributed by atoms with van der Waals surface area (Å²) in [5, 5.41) is 16.5. The third-order valence-corrected chi connectivity index (χ3v) is 10.8. The van der Waals surface area contributed by atoms with Crippen LogP contribution in [0.1, 0.15) is 75.8 Å². The van der Waals surface area contributed by atoms with Gasteiger partial charge in [0.05, 0.1) is 10.9 Å². The summed E-state index contributed by atoms with van der Waals surface area (Å²) >= 11 is 3.58. The van der Waals surface area contributed by atoms with E-state index in [9.17, 15) is 23.1 Å². The molecule has 2 N–H and O–H groups in total. The zero-order chi connectivity index (χ0) is 33.5. The number of ether oxygens (including phenoxy) is 2. The molecule has 11 heteroatoms. The van der Waals surface area contributed by atoms with Crippen molar-refractivity contribution in [3.8, 4) is 5.75 Å². The molecular weight excluding hydrogens is 675 g/mol. The number of rotatable bonds is 7. The average molecular weight is 715 g/mol. The number of para-hydroxylation sites is 1. The number of nitrogens with zero attached hydrogens (tertiary/aromatic N) is 2. The normalized spacial score (nSPS) is 27.4. The Morgan fingerprint density at radius 1 is 1.09 bits per heavy atom. The van der Waals surface area contributed by atoms with Gasteiger partial charge in [0.25, 0.3) is 0 Å². The SMILES string of the molecule is Cc1c(N2CC3CC3C2)nc2ccc(Br)cc2c1C(O)NC12CCC(C(=O)OC(C)(C)C)(C=C1c1ccccc1OC(F)(F)F)CC2. The Bertz CT molecular complexity index is 1770. The molecule has 7 nitrogen and oxygen atoms in total. The number of aliphatic hydroxyl groups excluding tert-OH is 1. The maximum Gasteiger partial charge on any atom is 0.573 e. The van der Waals surface area contributed by atoms with Gasteiger partial charge in [-0.1, -0.05) is 40.2 Å². The molecule has 2 aromatic carbocycles. The standard InChI is InChI=1S/C36H39BrF3N3O4/c1-20-29(25-16-23(37)9-10-27(25)41-30(20)43-18-21-15-22(21)19-43)31(44)42-35-13-11-34(12-14-35,32(45)47-33(2,3)4)17-26(35)24-7-5-6-8-28(24)46-36(38,39)40/h5-10,16-17,21-22,31,42,44H,11-15,18-19H2,1-4H3. The van der Waals surface area contributed by atoms with Crippen molar-refractivity contribution in [2.45, 2.75) is 83.5 Å². The third-order valence-electron chi connectivity index (χ3n) is 10.3. The zero-order valence-corrected chi connectivity index (χ0v) is 28.5. The molecule has 1 saturated heterocycles. The number of aliphatic hydroxyl groups is 1. The Balaban J connectivity index is 1.33. The lowest BCUT2D eigenvalue weighted by atomic mass is 9.57. The van der Waals surface area contributed by atoms with Crippen LogP contribution >= 0.6 is 15.9 Å². The van der Waals surface area contributed by atoms with Crippen LogP contribution in [0, 0.1) is 24.2 Å². The van der Waals surface area contributed by atoms with E-state index in [1.165, 1.54) is 18.6 Å². The van der Waals surface area contributed by atoms with Crippen LogP contribution in [0.15, 0.2) is 53.0 Å². The summed E-state index contributed by atoms with van der Waals surface area (Å²) in [6.45, 7) is 9.23. The molecule has 4 aliphatic carbocycles. The molecule has 3 fully saturated rings. The van der Waals surface area contributed by atoms with Crippen molar-refractivity contribution in [1.82, 2.24) is 10.3 Å². The van der Waals surface area contributed by atoms with Crippen molar-refractivity contribution in [3.63, 3.8) is 0 Å². The maximum absolute atomic E-state index is 13.7. The van der Waals surface area contributed by atoms with E-state index in [0.717, 1.165) is 39.8 Å². The lowest BCUT2D eigenvalue weighted by Crippen LogP contribution is -2.57. The summed E-state index contributed by atoms with van der Waals surface area (Å²) in [5.41, 5.74) is 0.264. The number of esters is 1. The predicted octanol–water partition coefficient (Wildman–Crippen LogP) is 7.98. The number of carbonyl (C=O) groups excluding carboxylic acids is 1. The number of carbonyl (C=O) groups is 1. The lowest BCUT2D eigenvalue weighted by molar-refractivity contribution is -0.274. The molecule has 47 heavy (non-hydrogen) atoms. The number of halogens is 4. The van der Waals surface area contributed by atoms with E-state index in [0.29, 0.717) is 48.7 Å². The van der Waals surface area contributed by atoms with Crippen LogP contribution in [0.5, 0.6) is 5.75 Å². The number of pyridine rings is 1. The predicted molar refractivity (Wildman–Crippen MR) is 177 cm³/mol. The van der Waals surface area contributed by atoms with Gasteiger partial charge in [-0.25, -0.2) is 4.98 Å². The van der Waals surface area contributed by atoms with Gasteiger partial charge in [0.2, 0.25) is 0 Å². The summed E-state index contributed by atoms with van der Waals surface area (Å²) in [6, 6.07) is 11.8. The molecule has 2 saturated carbocycles. The Hall–Kier alpha value is -3.15. The molecule has 5 aliphatic rings. The molecule has 0 radical (unpaired) electrons. The molecule has 3 unspecified atom stereocenters. The quantitative estimate of drug-likeness (QED) is 0.190. The molecule has 3 atom stereocenters. The molecular formula is C36H39BrF3N3O4. The summed E-state index contributed by atoms with van der Waals surface area (Å²) in [7, 11) is 0. The highest BCUT2D eigenvalue weighted by Crippen LogP contribution is 2.57. The van der Waals surface area contributed by atoms with E-state index in [4.69, 9.17) is 9.72 Å². The van der Waals surface area contributed by atoms with Gasteiger partial charge in [-0.2, -0.15) is 0 Å². The summed E-state index contributed by atoms with van der Waals surface area (Å²) in [5.74, 6) is 1.45. The summed E-state index contributed by atoms with van der Waals surface area (Å²) in [6.07, 6.45) is -1.49. The van der Waals surface area contributed by atoms with E-state index >= 15 is 0 Å². The number of fused-ring (bicyclic) bond motifs is 4. The van der Waals surface area contributed by atoms with Crippen molar-refractivity contribution in [3.05, 3.63) is 69.7 Å². The minimum absolute atomic E-state index is 0.216. The van der Waals surface area contributed by atoms with Gasteiger partial charge in [-0.3, -0.25) is 10.1 Å².